The fourth-order valence-electron chi connectivity index (χ4n) is 2.01. The van der Waals surface area contributed by atoms with Crippen LogP contribution >= 0.6 is 0 Å². The zero-order valence-electron chi connectivity index (χ0n) is 9.77. The van der Waals surface area contributed by atoms with Gasteiger partial charge in [-0.3, -0.25) is 0 Å². The maximum atomic E-state index is 10.2. The van der Waals surface area contributed by atoms with Crippen LogP contribution < -0.4 is 0 Å². The summed E-state index contributed by atoms with van der Waals surface area (Å²) in [6, 6.07) is 14.1. The van der Waals surface area contributed by atoms with Crippen molar-refractivity contribution < 1.29 is 5.11 Å². The van der Waals surface area contributed by atoms with Crippen molar-refractivity contribution >= 4 is 10.8 Å². The zero-order valence-corrected chi connectivity index (χ0v) is 9.77. The Morgan fingerprint density at radius 3 is 2.50 bits per heavy atom. The normalized spacial score (nSPS) is 12.7. The average molecular weight is 239 g/mol. The van der Waals surface area contributed by atoms with Gasteiger partial charge in [0.1, 0.15) is 6.10 Å². The Morgan fingerprint density at radius 1 is 1.00 bits per heavy atom. The molecule has 18 heavy (non-hydrogen) atoms. The summed E-state index contributed by atoms with van der Waals surface area (Å²) in [5.74, 6) is 0. The molecule has 0 aliphatic carbocycles. The molecule has 1 heterocycles. The summed E-state index contributed by atoms with van der Waals surface area (Å²) in [6.07, 6.45) is 2.61. The lowest BCUT2D eigenvalue weighted by atomic mass is 10.0. The minimum atomic E-state index is -0.595. The molecule has 0 aliphatic rings. The van der Waals surface area contributed by atoms with E-state index < -0.39 is 6.10 Å². The molecule has 0 aliphatic heterocycles. The van der Waals surface area contributed by atoms with Crippen LogP contribution in [-0.4, -0.2) is 20.1 Å². The third kappa shape index (κ3) is 2.10. The summed E-state index contributed by atoms with van der Waals surface area (Å²) in [4.78, 5) is 1.49. The van der Waals surface area contributed by atoms with Crippen molar-refractivity contribution in [3.05, 3.63) is 60.4 Å². The molecule has 0 radical (unpaired) electrons. The minimum Gasteiger partial charge on any atom is -0.386 e. The van der Waals surface area contributed by atoms with Crippen LogP contribution in [0.3, 0.4) is 0 Å². The molecule has 0 saturated carbocycles. The van der Waals surface area contributed by atoms with Crippen molar-refractivity contribution in [1.29, 1.82) is 0 Å². The van der Waals surface area contributed by atoms with Gasteiger partial charge in [-0.1, -0.05) is 36.4 Å². The van der Waals surface area contributed by atoms with Crippen LogP contribution in [0.2, 0.25) is 0 Å². The first kappa shape index (κ1) is 10.9. The summed E-state index contributed by atoms with van der Waals surface area (Å²) in [5.41, 5.74) is 0.881. The van der Waals surface area contributed by atoms with E-state index in [0.29, 0.717) is 6.54 Å². The molecule has 1 aromatic heterocycles. The van der Waals surface area contributed by atoms with Crippen molar-refractivity contribution in [3.8, 4) is 0 Å². The molecular formula is C14H13N3O. The molecule has 1 N–H and O–H groups in total. The van der Waals surface area contributed by atoms with Crippen molar-refractivity contribution in [2.45, 2.75) is 12.6 Å². The molecule has 3 aromatic rings. The highest BCUT2D eigenvalue weighted by molar-refractivity contribution is 5.83. The van der Waals surface area contributed by atoms with E-state index in [9.17, 15) is 5.11 Å². The molecule has 0 fully saturated rings. The zero-order chi connectivity index (χ0) is 12.4. The van der Waals surface area contributed by atoms with Crippen molar-refractivity contribution in [2.75, 3.05) is 0 Å². The van der Waals surface area contributed by atoms with Crippen molar-refractivity contribution in [2.24, 2.45) is 0 Å². The Balaban J connectivity index is 1.89. The highest BCUT2D eigenvalue weighted by Gasteiger charge is 2.09. The number of aliphatic hydroxyl groups is 1. The molecule has 90 valence electrons. The van der Waals surface area contributed by atoms with Gasteiger partial charge in [-0.2, -0.15) is 15.0 Å². The minimum absolute atomic E-state index is 0.366. The molecule has 3 rings (SSSR count). The van der Waals surface area contributed by atoms with Gasteiger partial charge in [0, 0.05) is 0 Å². The summed E-state index contributed by atoms with van der Waals surface area (Å²) in [5, 5.41) is 20.4. The van der Waals surface area contributed by atoms with Gasteiger partial charge in [0.25, 0.3) is 0 Å². The van der Waals surface area contributed by atoms with E-state index in [1.807, 2.05) is 36.4 Å². The third-order valence-corrected chi connectivity index (χ3v) is 2.96. The first-order chi connectivity index (χ1) is 8.83. The third-order valence-electron chi connectivity index (χ3n) is 2.96. The van der Waals surface area contributed by atoms with Crippen LogP contribution in [-0.2, 0) is 6.54 Å². The molecule has 4 heteroatoms. The summed E-state index contributed by atoms with van der Waals surface area (Å²) < 4.78 is 0. The lowest BCUT2D eigenvalue weighted by Crippen LogP contribution is -2.11. The lowest BCUT2D eigenvalue weighted by molar-refractivity contribution is 0.145. The van der Waals surface area contributed by atoms with Crippen LogP contribution in [0.4, 0.5) is 0 Å². The van der Waals surface area contributed by atoms with Gasteiger partial charge >= 0.3 is 0 Å². The first-order valence-corrected chi connectivity index (χ1v) is 5.84. The van der Waals surface area contributed by atoms with Crippen LogP contribution in [0, 0.1) is 0 Å². The SMILES string of the molecule is O[C@@H](Cn1nccn1)c1ccc2ccccc2c1. The van der Waals surface area contributed by atoms with Gasteiger partial charge in [0.15, 0.2) is 0 Å². The van der Waals surface area contributed by atoms with Crippen LogP contribution in [0.25, 0.3) is 10.8 Å². The number of hydrogen-bond acceptors (Lipinski definition) is 3. The fraction of sp³-hybridized carbons (Fsp3) is 0.143. The number of rotatable bonds is 3. The second-order valence-electron chi connectivity index (χ2n) is 4.21. The second-order valence-corrected chi connectivity index (χ2v) is 4.21. The predicted octanol–water partition coefficient (Wildman–Crippen LogP) is 2.16. The Labute approximate surface area is 104 Å². The molecule has 0 unspecified atom stereocenters. The van der Waals surface area contributed by atoms with Gasteiger partial charge in [0.05, 0.1) is 18.9 Å². The maximum Gasteiger partial charge on any atom is 0.100 e. The molecule has 0 spiro atoms. The maximum absolute atomic E-state index is 10.2. The summed E-state index contributed by atoms with van der Waals surface area (Å²) in [7, 11) is 0. The smallest absolute Gasteiger partial charge is 0.100 e. The number of benzene rings is 2. The monoisotopic (exact) mass is 239 g/mol. The number of hydrogen-bond donors (Lipinski definition) is 1. The average Bonchev–Trinajstić information content (AvgIpc) is 2.91. The van der Waals surface area contributed by atoms with E-state index in [-0.39, 0.29) is 0 Å². The van der Waals surface area contributed by atoms with E-state index in [2.05, 4.69) is 16.3 Å². The van der Waals surface area contributed by atoms with Crippen LogP contribution in [0.15, 0.2) is 54.9 Å². The molecule has 0 saturated heterocycles. The quantitative estimate of drug-likeness (QED) is 0.762. The van der Waals surface area contributed by atoms with E-state index in [0.717, 1.165) is 10.9 Å². The van der Waals surface area contributed by atoms with Crippen LogP contribution in [0.1, 0.15) is 11.7 Å². The van der Waals surface area contributed by atoms with Crippen LogP contribution in [0.5, 0.6) is 0 Å². The Morgan fingerprint density at radius 2 is 1.72 bits per heavy atom. The molecule has 2 aromatic carbocycles. The predicted molar refractivity (Wildman–Crippen MR) is 68.9 cm³/mol. The first-order valence-electron chi connectivity index (χ1n) is 5.84. The molecule has 4 nitrogen and oxygen atoms in total. The van der Waals surface area contributed by atoms with Crippen molar-refractivity contribution in [1.82, 2.24) is 15.0 Å². The van der Waals surface area contributed by atoms with Gasteiger partial charge in [-0.15, -0.1) is 0 Å². The highest BCUT2D eigenvalue weighted by Crippen LogP contribution is 2.21. The number of aromatic nitrogens is 3. The van der Waals surface area contributed by atoms with Gasteiger partial charge in [-0.25, -0.2) is 0 Å². The second kappa shape index (κ2) is 4.58. The van der Waals surface area contributed by atoms with Gasteiger partial charge < -0.3 is 5.11 Å². The Kier molecular flexibility index (Phi) is 2.78. The number of fused-ring (bicyclic) bond motifs is 1. The topological polar surface area (TPSA) is 50.9 Å². The van der Waals surface area contributed by atoms with E-state index in [1.165, 1.54) is 10.2 Å². The van der Waals surface area contributed by atoms with Crippen molar-refractivity contribution in [3.63, 3.8) is 0 Å². The molecule has 1 atom stereocenters. The lowest BCUT2D eigenvalue weighted by Gasteiger charge is -2.11. The largest absolute Gasteiger partial charge is 0.386 e. The number of aliphatic hydroxyl groups excluding tert-OH is 1. The Hall–Kier alpha value is -2.20. The van der Waals surface area contributed by atoms with Gasteiger partial charge in [0.2, 0.25) is 0 Å². The molecular weight excluding hydrogens is 226 g/mol. The highest BCUT2D eigenvalue weighted by atomic mass is 16.3. The van der Waals surface area contributed by atoms with E-state index in [1.54, 1.807) is 12.4 Å². The molecule has 0 amide bonds. The van der Waals surface area contributed by atoms with E-state index in [4.69, 9.17) is 0 Å². The number of nitrogens with zero attached hydrogens (tertiary/aromatic N) is 3. The fourth-order valence-corrected chi connectivity index (χ4v) is 2.01. The summed E-state index contributed by atoms with van der Waals surface area (Å²) in [6.45, 7) is 0.366. The Bertz CT molecular complexity index is 649. The summed E-state index contributed by atoms with van der Waals surface area (Å²) >= 11 is 0. The molecule has 0 bridgehead atoms. The van der Waals surface area contributed by atoms with Gasteiger partial charge in [-0.05, 0) is 22.4 Å². The standard InChI is InChI=1S/C14H13N3O/c18-14(10-17-15-7-8-16-17)13-6-5-11-3-1-2-4-12(11)9-13/h1-9,14,18H,10H2/t14-/m0/s1. The van der Waals surface area contributed by atoms with E-state index >= 15 is 0 Å².